The molecule has 0 aliphatic carbocycles. The van der Waals surface area contributed by atoms with E-state index in [1.54, 1.807) is 18.2 Å². The first-order chi connectivity index (χ1) is 9.91. The summed E-state index contributed by atoms with van der Waals surface area (Å²) >= 11 is 11.2. The van der Waals surface area contributed by atoms with Crippen LogP contribution in [0.15, 0.2) is 36.4 Å². The number of nitrogens with two attached hydrogens (primary N) is 1. The van der Waals surface area contributed by atoms with Gasteiger partial charge in [-0.05, 0) is 37.1 Å². The average Bonchev–Trinajstić information content (AvgIpc) is 2.41. The first kappa shape index (κ1) is 15.5. The molecule has 0 aliphatic rings. The first-order valence-electron chi connectivity index (χ1n) is 6.37. The second-order valence-corrected chi connectivity index (χ2v) is 5.57. The Bertz CT molecular complexity index is 728. The lowest BCUT2D eigenvalue weighted by Gasteiger charge is -2.13. The number of rotatable bonds is 3. The van der Waals surface area contributed by atoms with Gasteiger partial charge in [0.05, 0.1) is 16.3 Å². The van der Waals surface area contributed by atoms with E-state index in [1.807, 2.05) is 32.0 Å². The van der Waals surface area contributed by atoms with E-state index in [-0.39, 0.29) is 10.9 Å². The molecule has 0 radical (unpaired) electrons. The number of benzene rings is 2. The quantitative estimate of drug-likeness (QED) is 0.845. The second-order valence-electron chi connectivity index (χ2n) is 4.75. The van der Waals surface area contributed by atoms with Gasteiger partial charge in [0.25, 0.3) is 5.91 Å². The molecule has 0 aromatic heterocycles. The average molecular weight is 319 g/mol. The van der Waals surface area contributed by atoms with Crippen LogP contribution in [0.3, 0.4) is 0 Å². The van der Waals surface area contributed by atoms with Gasteiger partial charge in [-0.1, -0.05) is 48.1 Å². The summed E-state index contributed by atoms with van der Waals surface area (Å²) in [6.45, 7) is 3.75. The molecule has 0 saturated heterocycles. The van der Waals surface area contributed by atoms with Gasteiger partial charge >= 0.3 is 0 Å². The normalized spacial score (nSPS) is 10.2. The first-order valence-corrected chi connectivity index (χ1v) is 7.16. The molecular formula is C16H15ClN2OS. The number of carbonyl (C=O) groups is 1. The number of aryl methyl sites for hydroxylation is 2. The molecule has 1 amide bonds. The van der Waals surface area contributed by atoms with Crippen molar-refractivity contribution in [3.05, 3.63) is 63.7 Å². The molecule has 2 aromatic rings. The van der Waals surface area contributed by atoms with Crippen molar-refractivity contribution in [2.45, 2.75) is 13.8 Å². The molecule has 0 fully saturated rings. The molecular weight excluding hydrogens is 304 g/mol. The summed E-state index contributed by atoms with van der Waals surface area (Å²) in [5.41, 5.74) is 9.18. The number of hydrogen-bond acceptors (Lipinski definition) is 2. The molecule has 3 N–H and O–H groups in total. The van der Waals surface area contributed by atoms with Crippen LogP contribution in [0, 0.1) is 13.8 Å². The van der Waals surface area contributed by atoms with E-state index in [2.05, 4.69) is 5.32 Å². The number of halogens is 1. The fourth-order valence-electron chi connectivity index (χ4n) is 2.11. The van der Waals surface area contributed by atoms with E-state index in [4.69, 9.17) is 29.6 Å². The van der Waals surface area contributed by atoms with Crippen LogP contribution >= 0.6 is 23.8 Å². The number of thiocarbonyl (C=S) groups is 1. The summed E-state index contributed by atoms with van der Waals surface area (Å²) < 4.78 is 0. The fourth-order valence-corrected chi connectivity index (χ4v) is 2.59. The Hall–Kier alpha value is -1.91. The number of amides is 1. The van der Waals surface area contributed by atoms with Crippen molar-refractivity contribution >= 4 is 40.4 Å². The summed E-state index contributed by atoms with van der Waals surface area (Å²) in [6, 6.07) is 10.8. The van der Waals surface area contributed by atoms with Gasteiger partial charge in [-0.2, -0.15) is 0 Å². The molecule has 0 unspecified atom stereocenters. The van der Waals surface area contributed by atoms with Gasteiger partial charge in [-0.15, -0.1) is 0 Å². The van der Waals surface area contributed by atoms with Gasteiger partial charge < -0.3 is 11.1 Å². The zero-order valence-corrected chi connectivity index (χ0v) is 13.3. The van der Waals surface area contributed by atoms with Crippen LogP contribution < -0.4 is 11.1 Å². The maximum Gasteiger partial charge on any atom is 0.257 e. The van der Waals surface area contributed by atoms with Crippen molar-refractivity contribution in [2.75, 3.05) is 5.32 Å². The molecule has 0 bridgehead atoms. The molecule has 0 aliphatic heterocycles. The third-order valence-corrected chi connectivity index (χ3v) is 3.91. The molecule has 3 nitrogen and oxygen atoms in total. The number of anilines is 1. The zero-order chi connectivity index (χ0) is 15.6. The Morgan fingerprint density at radius 2 is 1.76 bits per heavy atom. The molecule has 0 atom stereocenters. The fraction of sp³-hybridized carbons (Fsp3) is 0.125. The Morgan fingerprint density at radius 1 is 1.14 bits per heavy atom. The van der Waals surface area contributed by atoms with Crippen LogP contribution in [0.5, 0.6) is 0 Å². The van der Waals surface area contributed by atoms with Gasteiger partial charge in [-0.3, -0.25) is 4.79 Å². The third-order valence-electron chi connectivity index (χ3n) is 3.20. The van der Waals surface area contributed by atoms with Crippen LogP contribution in [0.4, 0.5) is 5.69 Å². The van der Waals surface area contributed by atoms with E-state index in [0.717, 1.165) is 11.1 Å². The number of carbonyl (C=O) groups excluding carboxylic acids is 1. The standard InChI is InChI=1S/C16H15ClN2OS/c1-9-5-4-8-12(13(9)15(18)21)19-16(20)11-7-3-6-10(2)14(11)17/h3-8H,1-2H3,(H2,18,21)(H,19,20). The van der Waals surface area contributed by atoms with E-state index < -0.39 is 0 Å². The Labute approximate surface area is 134 Å². The molecule has 108 valence electrons. The highest BCUT2D eigenvalue weighted by atomic mass is 35.5. The minimum atomic E-state index is -0.285. The van der Waals surface area contributed by atoms with E-state index in [1.165, 1.54) is 0 Å². The molecule has 0 heterocycles. The minimum absolute atomic E-state index is 0.249. The molecule has 0 saturated carbocycles. The van der Waals surface area contributed by atoms with Crippen molar-refractivity contribution < 1.29 is 4.79 Å². The number of nitrogens with one attached hydrogen (secondary N) is 1. The summed E-state index contributed by atoms with van der Waals surface area (Å²) in [7, 11) is 0. The molecule has 2 rings (SSSR count). The minimum Gasteiger partial charge on any atom is -0.389 e. The largest absolute Gasteiger partial charge is 0.389 e. The summed E-state index contributed by atoms with van der Waals surface area (Å²) in [4.78, 5) is 12.6. The van der Waals surface area contributed by atoms with E-state index in [9.17, 15) is 4.79 Å². The number of hydrogen-bond donors (Lipinski definition) is 2. The summed E-state index contributed by atoms with van der Waals surface area (Å²) in [5, 5.41) is 3.27. The lowest BCUT2D eigenvalue weighted by Crippen LogP contribution is -2.19. The van der Waals surface area contributed by atoms with E-state index in [0.29, 0.717) is 21.8 Å². The van der Waals surface area contributed by atoms with Crippen molar-refractivity contribution in [3.8, 4) is 0 Å². The van der Waals surface area contributed by atoms with Gasteiger partial charge in [0.2, 0.25) is 0 Å². The second kappa shape index (κ2) is 6.24. The monoisotopic (exact) mass is 318 g/mol. The Balaban J connectivity index is 2.39. The van der Waals surface area contributed by atoms with Crippen molar-refractivity contribution in [1.82, 2.24) is 0 Å². The van der Waals surface area contributed by atoms with Gasteiger partial charge in [0.15, 0.2) is 0 Å². The van der Waals surface area contributed by atoms with Gasteiger partial charge in [-0.25, -0.2) is 0 Å². The maximum absolute atomic E-state index is 12.4. The SMILES string of the molecule is Cc1cccc(C(=O)Nc2cccc(C)c2C(N)=S)c1Cl. The lowest BCUT2D eigenvalue weighted by molar-refractivity contribution is 0.102. The maximum atomic E-state index is 12.4. The smallest absolute Gasteiger partial charge is 0.257 e. The van der Waals surface area contributed by atoms with Crippen molar-refractivity contribution in [3.63, 3.8) is 0 Å². The predicted molar refractivity (Wildman–Crippen MR) is 91.2 cm³/mol. The molecule has 21 heavy (non-hydrogen) atoms. The van der Waals surface area contributed by atoms with Crippen LogP contribution in [-0.2, 0) is 0 Å². The lowest BCUT2D eigenvalue weighted by atomic mass is 10.1. The van der Waals surface area contributed by atoms with Crippen LogP contribution in [0.1, 0.15) is 27.0 Å². The molecule has 0 spiro atoms. The van der Waals surface area contributed by atoms with Crippen molar-refractivity contribution in [2.24, 2.45) is 5.73 Å². The zero-order valence-electron chi connectivity index (χ0n) is 11.7. The summed E-state index contributed by atoms with van der Waals surface area (Å²) in [5.74, 6) is -0.285. The topological polar surface area (TPSA) is 55.1 Å². The third kappa shape index (κ3) is 3.23. The molecule has 2 aromatic carbocycles. The molecule has 5 heteroatoms. The van der Waals surface area contributed by atoms with Crippen LogP contribution in [0.25, 0.3) is 0 Å². The predicted octanol–water partition coefficient (Wildman–Crippen LogP) is 3.84. The summed E-state index contributed by atoms with van der Waals surface area (Å²) in [6.07, 6.45) is 0. The highest BCUT2D eigenvalue weighted by molar-refractivity contribution is 7.80. The van der Waals surface area contributed by atoms with Crippen molar-refractivity contribution in [1.29, 1.82) is 0 Å². The van der Waals surface area contributed by atoms with E-state index >= 15 is 0 Å². The Kier molecular flexibility index (Phi) is 4.60. The highest BCUT2D eigenvalue weighted by Gasteiger charge is 2.15. The highest BCUT2D eigenvalue weighted by Crippen LogP contribution is 2.24. The van der Waals surface area contributed by atoms with Crippen LogP contribution in [0.2, 0.25) is 5.02 Å². The van der Waals surface area contributed by atoms with Crippen LogP contribution in [-0.4, -0.2) is 10.9 Å². The Morgan fingerprint density at radius 3 is 2.43 bits per heavy atom. The van der Waals surface area contributed by atoms with Gasteiger partial charge in [0.1, 0.15) is 4.99 Å². The van der Waals surface area contributed by atoms with Gasteiger partial charge in [0, 0.05) is 5.56 Å².